The predicted molar refractivity (Wildman–Crippen MR) is 130 cm³/mol. The zero-order chi connectivity index (χ0) is 22.5. The van der Waals surface area contributed by atoms with Gasteiger partial charge in [-0.05, 0) is 62.3 Å². The first-order valence-electron chi connectivity index (χ1n) is 12.0. The van der Waals surface area contributed by atoms with Crippen LogP contribution in [0, 0.1) is 5.92 Å². The number of amides is 1. The second-order valence-electron chi connectivity index (χ2n) is 9.17. The molecule has 2 aromatic heterocycles. The van der Waals surface area contributed by atoms with E-state index in [-0.39, 0.29) is 11.5 Å². The van der Waals surface area contributed by atoms with Crippen molar-refractivity contribution in [1.82, 2.24) is 14.9 Å². The molecular formula is C26H31N3O3S. The predicted octanol–water partition coefficient (Wildman–Crippen LogP) is 4.88. The van der Waals surface area contributed by atoms with Gasteiger partial charge in [0.2, 0.25) is 5.91 Å². The lowest BCUT2D eigenvalue weighted by Gasteiger charge is -2.46. The topological polar surface area (TPSA) is 64.6 Å². The number of hydrogen-bond donors (Lipinski definition) is 0. The van der Waals surface area contributed by atoms with Gasteiger partial charge in [0.05, 0.1) is 33.6 Å². The van der Waals surface area contributed by atoms with Crippen molar-refractivity contribution in [3.8, 4) is 5.75 Å². The Hall–Kier alpha value is -2.51. The number of aromatic nitrogens is 2. The van der Waals surface area contributed by atoms with Gasteiger partial charge in [0.1, 0.15) is 5.75 Å². The molecule has 1 spiro atoms. The Morgan fingerprint density at radius 3 is 2.91 bits per heavy atom. The molecule has 1 unspecified atom stereocenters. The second-order valence-corrected chi connectivity index (χ2v) is 10.3. The van der Waals surface area contributed by atoms with Crippen molar-refractivity contribution in [2.24, 2.45) is 5.92 Å². The Morgan fingerprint density at radius 1 is 1.21 bits per heavy atom. The van der Waals surface area contributed by atoms with Crippen molar-refractivity contribution in [2.45, 2.75) is 50.5 Å². The van der Waals surface area contributed by atoms with Crippen molar-refractivity contribution in [2.75, 3.05) is 26.3 Å². The molecule has 2 fully saturated rings. The molecule has 2 saturated heterocycles. The number of fused-ring (bicyclic) bond motifs is 1. The van der Waals surface area contributed by atoms with Crippen LogP contribution in [0.25, 0.3) is 10.2 Å². The Balaban J connectivity index is 1.07. The van der Waals surface area contributed by atoms with Gasteiger partial charge in [-0.3, -0.25) is 9.78 Å². The van der Waals surface area contributed by atoms with E-state index in [1.54, 1.807) is 23.7 Å². The van der Waals surface area contributed by atoms with Gasteiger partial charge in [-0.2, -0.15) is 0 Å². The van der Waals surface area contributed by atoms with E-state index >= 15 is 0 Å². The van der Waals surface area contributed by atoms with Gasteiger partial charge in [0.15, 0.2) is 0 Å². The van der Waals surface area contributed by atoms with Crippen LogP contribution in [0.3, 0.4) is 0 Å². The third-order valence-electron chi connectivity index (χ3n) is 6.94. The Bertz CT molecular complexity index is 1030. The maximum atomic E-state index is 12.8. The molecular weight excluding hydrogens is 434 g/mol. The van der Waals surface area contributed by atoms with Gasteiger partial charge in [0, 0.05) is 38.7 Å². The lowest BCUT2D eigenvalue weighted by Crippen LogP contribution is -2.51. The van der Waals surface area contributed by atoms with E-state index in [9.17, 15) is 4.79 Å². The van der Waals surface area contributed by atoms with Gasteiger partial charge in [-0.1, -0.05) is 12.1 Å². The molecule has 174 valence electrons. The van der Waals surface area contributed by atoms with Gasteiger partial charge in [0.25, 0.3) is 0 Å². The summed E-state index contributed by atoms with van der Waals surface area (Å²) in [5, 5.41) is 1.05. The van der Waals surface area contributed by atoms with Crippen LogP contribution in [0.2, 0.25) is 0 Å². The first-order chi connectivity index (χ1) is 16.2. The highest BCUT2D eigenvalue weighted by atomic mass is 32.1. The highest BCUT2D eigenvalue weighted by Gasteiger charge is 2.40. The zero-order valence-corrected chi connectivity index (χ0v) is 19.8. The molecule has 0 saturated carbocycles. The van der Waals surface area contributed by atoms with Crippen molar-refractivity contribution in [1.29, 1.82) is 0 Å². The fourth-order valence-electron chi connectivity index (χ4n) is 5.06. The zero-order valence-electron chi connectivity index (χ0n) is 18.9. The van der Waals surface area contributed by atoms with E-state index in [1.165, 1.54) is 4.70 Å². The minimum absolute atomic E-state index is 0.0684. The van der Waals surface area contributed by atoms with E-state index in [0.717, 1.165) is 74.5 Å². The van der Waals surface area contributed by atoms with Gasteiger partial charge < -0.3 is 14.4 Å². The molecule has 0 radical (unpaired) electrons. The van der Waals surface area contributed by atoms with Crippen LogP contribution in [-0.2, 0) is 16.0 Å². The average Bonchev–Trinajstić information content (AvgIpc) is 3.27. The summed E-state index contributed by atoms with van der Waals surface area (Å²) in [5.41, 5.74) is 0.959. The third-order valence-corrected chi connectivity index (χ3v) is 8.04. The van der Waals surface area contributed by atoms with Crippen molar-refractivity contribution >= 4 is 27.5 Å². The molecule has 0 aliphatic carbocycles. The van der Waals surface area contributed by atoms with Crippen molar-refractivity contribution in [3.63, 3.8) is 0 Å². The fraction of sp³-hybridized carbons (Fsp3) is 0.500. The smallest absolute Gasteiger partial charge is 0.222 e. The van der Waals surface area contributed by atoms with E-state index in [2.05, 4.69) is 16.0 Å². The summed E-state index contributed by atoms with van der Waals surface area (Å²) in [6.07, 6.45) is 9.81. The number of likely N-dealkylation sites (tertiary alicyclic amines) is 1. The Morgan fingerprint density at radius 2 is 2.09 bits per heavy atom. The van der Waals surface area contributed by atoms with E-state index in [1.807, 2.05) is 35.2 Å². The molecule has 3 aromatic rings. The molecule has 33 heavy (non-hydrogen) atoms. The molecule has 2 aliphatic rings. The van der Waals surface area contributed by atoms with E-state index in [4.69, 9.17) is 9.47 Å². The number of hydrogen-bond acceptors (Lipinski definition) is 6. The molecule has 4 heterocycles. The van der Waals surface area contributed by atoms with E-state index in [0.29, 0.717) is 18.9 Å². The fourth-order valence-corrected chi connectivity index (χ4v) is 6.03. The van der Waals surface area contributed by atoms with Crippen LogP contribution in [-0.4, -0.2) is 52.7 Å². The first kappa shape index (κ1) is 22.3. The van der Waals surface area contributed by atoms with Crippen LogP contribution in [0.1, 0.15) is 43.5 Å². The number of aryl methyl sites for hydroxylation is 1. The molecule has 1 atom stereocenters. The van der Waals surface area contributed by atoms with Crippen LogP contribution in [0.15, 0.2) is 48.8 Å². The molecule has 2 aliphatic heterocycles. The summed E-state index contributed by atoms with van der Waals surface area (Å²) >= 11 is 1.69. The summed E-state index contributed by atoms with van der Waals surface area (Å²) in [5.74, 6) is 1.68. The number of piperidine rings is 1. The van der Waals surface area contributed by atoms with Crippen LogP contribution < -0.4 is 4.74 Å². The quantitative estimate of drug-likeness (QED) is 0.498. The Kier molecular flexibility index (Phi) is 6.88. The first-order valence-corrected chi connectivity index (χ1v) is 12.8. The lowest BCUT2D eigenvalue weighted by atomic mass is 9.78. The molecule has 0 N–H and O–H groups in total. The van der Waals surface area contributed by atoms with Gasteiger partial charge >= 0.3 is 0 Å². The number of nitrogens with zero attached hydrogens (tertiary/aromatic N) is 3. The standard InChI is InChI=1S/C26H31N3O3S/c30-25(8-7-24-28-22-5-1-2-6-23(22)33-24)29-14-11-26(12-15-29)18-20(10-17-32-26)9-16-31-21-4-3-13-27-19-21/h1-6,13,19-20H,7-12,14-18H2. The summed E-state index contributed by atoms with van der Waals surface area (Å²) in [6, 6.07) is 12.0. The third kappa shape index (κ3) is 5.53. The molecule has 5 rings (SSSR count). The van der Waals surface area contributed by atoms with Crippen LogP contribution >= 0.6 is 11.3 Å². The van der Waals surface area contributed by atoms with Crippen molar-refractivity contribution < 1.29 is 14.3 Å². The number of carbonyl (C=O) groups excluding carboxylic acids is 1. The monoisotopic (exact) mass is 465 g/mol. The molecule has 7 heteroatoms. The number of rotatable bonds is 7. The van der Waals surface area contributed by atoms with Crippen LogP contribution in [0.5, 0.6) is 5.75 Å². The summed E-state index contributed by atoms with van der Waals surface area (Å²) < 4.78 is 13.3. The maximum absolute atomic E-state index is 12.8. The number of pyridine rings is 1. The van der Waals surface area contributed by atoms with Gasteiger partial charge in [-0.25, -0.2) is 4.98 Å². The molecule has 1 aromatic carbocycles. The highest BCUT2D eigenvalue weighted by Crippen LogP contribution is 2.39. The lowest BCUT2D eigenvalue weighted by molar-refractivity contribution is -0.147. The van der Waals surface area contributed by atoms with Crippen LogP contribution in [0.4, 0.5) is 0 Å². The second kappa shape index (κ2) is 10.2. The van der Waals surface area contributed by atoms with E-state index < -0.39 is 0 Å². The van der Waals surface area contributed by atoms with Gasteiger partial charge in [-0.15, -0.1) is 11.3 Å². The van der Waals surface area contributed by atoms with Crippen molar-refractivity contribution in [3.05, 3.63) is 53.8 Å². The number of carbonyl (C=O) groups is 1. The minimum atomic E-state index is -0.0684. The summed E-state index contributed by atoms with van der Waals surface area (Å²) in [7, 11) is 0. The Labute approximate surface area is 198 Å². The normalized spacial score (nSPS) is 20.2. The largest absolute Gasteiger partial charge is 0.492 e. The molecule has 0 bridgehead atoms. The summed E-state index contributed by atoms with van der Waals surface area (Å²) in [4.78, 5) is 23.6. The number of para-hydroxylation sites is 1. The minimum Gasteiger partial charge on any atom is -0.492 e. The molecule has 1 amide bonds. The number of benzene rings is 1. The maximum Gasteiger partial charge on any atom is 0.222 e. The molecule has 6 nitrogen and oxygen atoms in total. The number of thiazole rings is 1. The SMILES string of the molecule is O=C(CCc1nc2ccccc2s1)N1CCC2(CC1)CC(CCOc1cccnc1)CCO2. The number of ether oxygens (including phenoxy) is 2. The highest BCUT2D eigenvalue weighted by molar-refractivity contribution is 7.18. The summed E-state index contributed by atoms with van der Waals surface area (Å²) in [6.45, 7) is 3.10. The average molecular weight is 466 g/mol.